The topological polar surface area (TPSA) is 17.1 Å². The molecule has 2 unspecified atom stereocenters. The Kier molecular flexibility index (Phi) is 5.85. The average molecular weight is 571 g/mol. The summed E-state index contributed by atoms with van der Waals surface area (Å²) in [7, 11) is -2.62. The lowest BCUT2D eigenvalue weighted by Crippen LogP contribution is -2.35. The molecule has 0 fully saturated rings. The predicted molar refractivity (Wildman–Crippen MR) is 183 cm³/mol. The van der Waals surface area contributed by atoms with Crippen molar-refractivity contribution in [1.82, 2.24) is 0 Å². The molecule has 0 saturated carbocycles. The first-order valence-corrected chi connectivity index (χ1v) is 19.4. The van der Waals surface area contributed by atoms with Crippen LogP contribution >= 0.6 is 0 Å². The number of carbonyl (C=O) groups is 1. The molecule has 0 amide bonds. The minimum Gasteiger partial charge on any atom is -0.289 e. The summed E-state index contributed by atoms with van der Waals surface area (Å²) in [5.74, 6) is 0.0704. The lowest BCUT2D eigenvalue weighted by molar-refractivity contribution is 0.103. The summed E-state index contributed by atoms with van der Waals surface area (Å²) in [5, 5.41) is 6.00. The number of hydrogen-bond acceptors (Lipinski definition) is 1. The van der Waals surface area contributed by atoms with Gasteiger partial charge in [0.15, 0.2) is 5.78 Å². The van der Waals surface area contributed by atoms with E-state index in [1.807, 2.05) is 24.3 Å². The Hall–Kier alpha value is -4.58. The van der Waals surface area contributed by atoms with E-state index in [0.29, 0.717) is 0 Å². The molecular weight excluding hydrogens is 541 g/mol. The summed E-state index contributed by atoms with van der Waals surface area (Å²) >= 11 is 0. The molecule has 0 bridgehead atoms. The normalized spacial score (nSPS) is 16.0. The van der Waals surface area contributed by atoms with Crippen LogP contribution in [0.5, 0.6) is 0 Å². The van der Waals surface area contributed by atoms with Crippen LogP contribution in [0, 0.1) is 0 Å². The Morgan fingerprint density at radius 2 is 0.810 bits per heavy atom. The SMILES string of the molecule is C[SiH]1c2ccccc2-c2cccc(-c3cccc(C(=O)c4cccc(-c5cccc6c5[SiH](C)c5ccccc5-6)c4)c3)c21. The highest BCUT2D eigenvalue weighted by Crippen LogP contribution is 2.32. The fourth-order valence-electron chi connectivity index (χ4n) is 7.41. The molecule has 200 valence electrons. The highest BCUT2D eigenvalue weighted by atomic mass is 28.3. The number of benzene rings is 6. The molecule has 2 atom stereocenters. The second-order valence-corrected chi connectivity index (χ2v) is 16.9. The Morgan fingerprint density at radius 1 is 0.429 bits per heavy atom. The number of rotatable bonds is 4. The van der Waals surface area contributed by atoms with Crippen LogP contribution < -0.4 is 20.7 Å². The van der Waals surface area contributed by atoms with Gasteiger partial charge in [-0.25, -0.2) is 0 Å². The van der Waals surface area contributed by atoms with Crippen LogP contribution in [-0.2, 0) is 0 Å². The van der Waals surface area contributed by atoms with E-state index in [1.165, 1.54) is 54.1 Å². The van der Waals surface area contributed by atoms with Gasteiger partial charge in [0.1, 0.15) is 17.6 Å². The summed E-state index contributed by atoms with van der Waals surface area (Å²) in [4.78, 5) is 14.0. The van der Waals surface area contributed by atoms with Crippen molar-refractivity contribution >= 4 is 44.1 Å². The molecule has 0 aliphatic carbocycles. The molecule has 1 nitrogen and oxygen atoms in total. The van der Waals surface area contributed by atoms with E-state index in [0.717, 1.165) is 22.3 Å². The Bertz CT molecular complexity index is 1910. The third-order valence-corrected chi connectivity index (χ3v) is 15.2. The van der Waals surface area contributed by atoms with Crippen molar-refractivity contribution in [3.05, 3.63) is 145 Å². The van der Waals surface area contributed by atoms with E-state index in [4.69, 9.17) is 0 Å². The van der Waals surface area contributed by atoms with Crippen molar-refractivity contribution in [2.75, 3.05) is 0 Å². The minimum atomic E-state index is -1.31. The van der Waals surface area contributed by atoms with Crippen LogP contribution in [0.1, 0.15) is 15.9 Å². The van der Waals surface area contributed by atoms with Crippen molar-refractivity contribution in [3.8, 4) is 44.5 Å². The molecule has 0 saturated heterocycles. The van der Waals surface area contributed by atoms with Crippen molar-refractivity contribution in [2.45, 2.75) is 13.1 Å². The third kappa shape index (κ3) is 3.78. The highest BCUT2D eigenvalue weighted by Gasteiger charge is 2.30. The maximum atomic E-state index is 14.0. The number of ketones is 1. The highest BCUT2D eigenvalue weighted by molar-refractivity contribution is 6.90. The summed E-state index contributed by atoms with van der Waals surface area (Å²) in [6, 6.07) is 47.5. The lowest BCUT2D eigenvalue weighted by atomic mass is 9.94. The van der Waals surface area contributed by atoms with Crippen LogP contribution in [0.25, 0.3) is 44.5 Å². The first-order valence-electron chi connectivity index (χ1n) is 14.8. The van der Waals surface area contributed by atoms with Gasteiger partial charge in [0.2, 0.25) is 0 Å². The standard InChI is InChI=1S/C39H30OSi2/c1-41-35-21-5-3-15-31(35)33-19-9-17-29(38(33)41)25-11-7-13-27(23-25)37(40)28-14-8-12-26(24-28)30-18-10-20-34-32-16-4-6-22-36(32)42(2)39(30)34/h3-24,41-42H,1-2H3. The first-order chi connectivity index (χ1) is 20.6. The minimum absolute atomic E-state index is 0.0704. The van der Waals surface area contributed by atoms with Crippen molar-refractivity contribution in [1.29, 1.82) is 0 Å². The molecule has 8 rings (SSSR count). The van der Waals surface area contributed by atoms with E-state index in [2.05, 4.69) is 122 Å². The Morgan fingerprint density at radius 3 is 1.29 bits per heavy atom. The zero-order valence-corrected chi connectivity index (χ0v) is 26.1. The van der Waals surface area contributed by atoms with Gasteiger partial charge < -0.3 is 0 Å². The van der Waals surface area contributed by atoms with Gasteiger partial charge in [-0.3, -0.25) is 4.79 Å². The molecule has 3 heteroatoms. The van der Waals surface area contributed by atoms with E-state index < -0.39 is 17.6 Å². The van der Waals surface area contributed by atoms with E-state index in [1.54, 1.807) is 0 Å². The number of fused-ring (bicyclic) bond motifs is 6. The molecule has 2 heterocycles. The molecule has 2 aliphatic rings. The lowest BCUT2D eigenvalue weighted by Gasteiger charge is -2.14. The zero-order chi connectivity index (χ0) is 28.4. The number of hydrogen-bond donors (Lipinski definition) is 0. The second-order valence-electron chi connectivity index (χ2n) is 11.6. The van der Waals surface area contributed by atoms with Gasteiger partial charge in [0.25, 0.3) is 0 Å². The van der Waals surface area contributed by atoms with Crippen LogP contribution in [0.3, 0.4) is 0 Å². The van der Waals surface area contributed by atoms with E-state index in [9.17, 15) is 4.79 Å². The molecule has 42 heavy (non-hydrogen) atoms. The number of carbonyl (C=O) groups excluding carboxylic acids is 1. The molecule has 0 N–H and O–H groups in total. The maximum Gasteiger partial charge on any atom is 0.193 e. The second kappa shape index (κ2) is 9.76. The van der Waals surface area contributed by atoms with Crippen molar-refractivity contribution < 1.29 is 4.79 Å². The van der Waals surface area contributed by atoms with Crippen LogP contribution in [0.15, 0.2) is 133 Å². The molecule has 0 aromatic heterocycles. The summed E-state index contributed by atoms with van der Waals surface area (Å²) in [5.41, 5.74) is 11.7. The van der Waals surface area contributed by atoms with Gasteiger partial charge in [-0.05, 0) is 67.0 Å². The fraction of sp³-hybridized carbons (Fsp3) is 0.0513. The van der Waals surface area contributed by atoms with E-state index >= 15 is 0 Å². The fourth-order valence-corrected chi connectivity index (χ4v) is 13.2. The smallest absolute Gasteiger partial charge is 0.193 e. The molecule has 0 radical (unpaired) electrons. The van der Waals surface area contributed by atoms with Gasteiger partial charge in [0, 0.05) is 11.1 Å². The molecular formula is C39H30OSi2. The van der Waals surface area contributed by atoms with Gasteiger partial charge in [0.05, 0.1) is 0 Å². The molecule has 2 aliphatic heterocycles. The zero-order valence-electron chi connectivity index (χ0n) is 23.8. The average Bonchev–Trinajstić information content (AvgIpc) is 3.52. The van der Waals surface area contributed by atoms with Gasteiger partial charge in [-0.1, -0.05) is 145 Å². The first kappa shape index (κ1) is 25.2. The molecule has 0 spiro atoms. The van der Waals surface area contributed by atoms with E-state index in [-0.39, 0.29) is 5.78 Å². The predicted octanol–water partition coefficient (Wildman–Crippen LogP) is 6.15. The summed E-state index contributed by atoms with van der Waals surface area (Å²) in [6.07, 6.45) is 0. The van der Waals surface area contributed by atoms with Gasteiger partial charge >= 0.3 is 0 Å². The van der Waals surface area contributed by atoms with Crippen LogP contribution in [0.2, 0.25) is 13.1 Å². The van der Waals surface area contributed by atoms with Crippen LogP contribution in [0.4, 0.5) is 0 Å². The van der Waals surface area contributed by atoms with Crippen molar-refractivity contribution in [2.24, 2.45) is 0 Å². The van der Waals surface area contributed by atoms with Crippen LogP contribution in [-0.4, -0.2) is 23.4 Å². The van der Waals surface area contributed by atoms with Crippen molar-refractivity contribution in [3.63, 3.8) is 0 Å². The monoisotopic (exact) mass is 570 g/mol. The van der Waals surface area contributed by atoms with Gasteiger partial charge in [-0.15, -0.1) is 0 Å². The Labute approximate surface area is 250 Å². The molecule has 6 aromatic rings. The quantitative estimate of drug-likeness (QED) is 0.183. The molecule has 6 aromatic carbocycles. The summed E-state index contributed by atoms with van der Waals surface area (Å²) in [6.45, 7) is 4.86. The Balaban J connectivity index is 1.17. The largest absolute Gasteiger partial charge is 0.289 e. The summed E-state index contributed by atoms with van der Waals surface area (Å²) < 4.78 is 0. The van der Waals surface area contributed by atoms with Gasteiger partial charge in [-0.2, -0.15) is 0 Å². The third-order valence-electron chi connectivity index (χ3n) is 9.38. The maximum absolute atomic E-state index is 14.0.